The van der Waals surface area contributed by atoms with Gasteiger partial charge in [-0.05, 0) is 56.8 Å². The van der Waals surface area contributed by atoms with Crippen LogP contribution in [0.1, 0.15) is 43.2 Å². The van der Waals surface area contributed by atoms with Crippen molar-refractivity contribution in [1.29, 1.82) is 0 Å². The monoisotopic (exact) mass is 344 g/mol. The molecule has 1 saturated heterocycles. The third kappa shape index (κ3) is 3.48. The Hall–Kier alpha value is -1.72. The van der Waals surface area contributed by atoms with Gasteiger partial charge in [-0.15, -0.1) is 0 Å². The fraction of sp³-hybridized carbons (Fsp3) is 0.600. The van der Waals surface area contributed by atoms with E-state index in [4.69, 9.17) is 5.11 Å². The van der Waals surface area contributed by atoms with Gasteiger partial charge in [0.05, 0.1) is 12.0 Å². The Balaban J connectivity index is 1.65. The summed E-state index contributed by atoms with van der Waals surface area (Å²) in [7, 11) is 1.97. The maximum atomic E-state index is 13.1. The Morgan fingerprint density at radius 3 is 2.80 bits per heavy atom. The molecule has 1 aromatic rings. The second-order valence-electron chi connectivity index (χ2n) is 7.35. The van der Waals surface area contributed by atoms with Gasteiger partial charge >= 0.3 is 0 Å². The van der Waals surface area contributed by atoms with Gasteiger partial charge in [0.2, 0.25) is 11.8 Å². The molecule has 5 heteroatoms. The van der Waals surface area contributed by atoms with E-state index in [0.717, 1.165) is 44.2 Å². The molecule has 136 valence electrons. The summed E-state index contributed by atoms with van der Waals surface area (Å²) in [6.45, 7) is 2.18. The topological polar surface area (TPSA) is 60.9 Å². The number of amides is 2. The highest BCUT2D eigenvalue weighted by molar-refractivity contribution is 6.09. The van der Waals surface area contributed by atoms with Gasteiger partial charge in [-0.1, -0.05) is 24.3 Å². The maximum absolute atomic E-state index is 13.1. The molecule has 2 amide bonds. The molecule has 1 N–H and O–H groups in total. The number of likely N-dealkylation sites (N-methyl/N-ethyl adjacent to an activating group) is 1. The number of imide groups is 1. The van der Waals surface area contributed by atoms with Crippen molar-refractivity contribution in [3.63, 3.8) is 0 Å². The van der Waals surface area contributed by atoms with Crippen LogP contribution >= 0.6 is 0 Å². The van der Waals surface area contributed by atoms with Crippen LogP contribution in [0.4, 0.5) is 0 Å². The molecule has 1 aromatic carbocycles. The number of nitrogens with zero attached hydrogens (tertiary/aromatic N) is 2. The van der Waals surface area contributed by atoms with E-state index < -0.39 is 5.41 Å². The number of carbonyl (C=O) groups excluding carboxylic acids is 2. The van der Waals surface area contributed by atoms with Gasteiger partial charge in [0.1, 0.15) is 0 Å². The highest BCUT2D eigenvalue weighted by Crippen LogP contribution is 2.45. The van der Waals surface area contributed by atoms with Crippen LogP contribution in [0.3, 0.4) is 0 Å². The van der Waals surface area contributed by atoms with Crippen molar-refractivity contribution in [3.8, 4) is 0 Å². The molecule has 3 rings (SSSR count). The Labute approximate surface area is 149 Å². The molecule has 0 aromatic heterocycles. The Morgan fingerprint density at radius 2 is 2.00 bits per heavy atom. The van der Waals surface area contributed by atoms with Gasteiger partial charge in [0, 0.05) is 19.5 Å². The predicted molar refractivity (Wildman–Crippen MR) is 96.2 cm³/mol. The lowest BCUT2D eigenvalue weighted by atomic mass is 9.69. The van der Waals surface area contributed by atoms with Gasteiger partial charge in [-0.3, -0.25) is 14.5 Å². The van der Waals surface area contributed by atoms with E-state index in [1.807, 2.05) is 25.2 Å². The number of aliphatic hydroxyl groups is 1. The van der Waals surface area contributed by atoms with Gasteiger partial charge < -0.3 is 10.0 Å². The van der Waals surface area contributed by atoms with Crippen LogP contribution in [0.15, 0.2) is 24.3 Å². The van der Waals surface area contributed by atoms with E-state index in [1.165, 1.54) is 10.5 Å². The van der Waals surface area contributed by atoms with Gasteiger partial charge in [0.15, 0.2) is 0 Å². The summed E-state index contributed by atoms with van der Waals surface area (Å²) in [6.07, 6.45) is 4.80. The Morgan fingerprint density at radius 1 is 1.20 bits per heavy atom. The van der Waals surface area contributed by atoms with Crippen molar-refractivity contribution in [1.82, 2.24) is 9.80 Å². The summed E-state index contributed by atoms with van der Waals surface area (Å²) in [4.78, 5) is 29.3. The van der Waals surface area contributed by atoms with Crippen LogP contribution in [0.25, 0.3) is 0 Å². The number of hydrogen-bond donors (Lipinski definition) is 1. The third-order valence-corrected chi connectivity index (χ3v) is 5.64. The van der Waals surface area contributed by atoms with Crippen LogP contribution in [0, 0.1) is 0 Å². The smallest absolute Gasteiger partial charge is 0.240 e. The van der Waals surface area contributed by atoms with Crippen LogP contribution in [-0.4, -0.2) is 60.0 Å². The minimum atomic E-state index is -0.612. The molecule has 5 nitrogen and oxygen atoms in total. The average Bonchev–Trinajstić information content (AvgIpc) is 2.84. The summed E-state index contributed by atoms with van der Waals surface area (Å²) in [5.41, 5.74) is 1.69. The number of likely N-dealkylation sites (tertiary alicyclic amines) is 1. The van der Waals surface area contributed by atoms with E-state index in [1.54, 1.807) is 0 Å². The summed E-state index contributed by atoms with van der Waals surface area (Å²) in [5.74, 6) is -0.0150. The summed E-state index contributed by atoms with van der Waals surface area (Å²) in [5, 5.41) is 8.92. The molecular weight excluding hydrogens is 316 g/mol. The number of unbranched alkanes of at least 4 members (excludes halogenated alkanes) is 1. The quantitative estimate of drug-likeness (QED) is 0.604. The highest BCUT2D eigenvalue weighted by Gasteiger charge is 2.53. The molecule has 1 aliphatic heterocycles. The number of benzene rings is 1. The highest BCUT2D eigenvalue weighted by atomic mass is 16.3. The van der Waals surface area contributed by atoms with Crippen molar-refractivity contribution in [2.45, 2.75) is 43.9 Å². The first-order chi connectivity index (χ1) is 12.1. The van der Waals surface area contributed by atoms with Crippen LogP contribution < -0.4 is 0 Å². The van der Waals surface area contributed by atoms with Crippen molar-refractivity contribution < 1.29 is 14.7 Å². The summed E-state index contributed by atoms with van der Waals surface area (Å²) < 4.78 is 0. The molecule has 1 unspecified atom stereocenters. The molecule has 0 bridgehead atoms. The van der Waals surface area contributed by atoms with Crippen molar-refractivity contribution in [3.05, 3.63) is 35.4 Å². The molecule has 2 aliphatic rings. The molecule has 0 radical (unpaired) electrons. The summed E-state index contributed by atoms with van der Waals surface area (Å²) >= 11 is 0. The average molecular weight is 344 g/mol. The molecule has 0 saturated carbocycles. The predicted octanol–water partition coefficient (Wildman–Crippen LogP) is 1.72. The number of hydrogen-bond acceptors (Lipinski definition) is 4. The molecular formula is C20H28N2O3. The first kappa shape index (κ1) is 18.1. The number of fused-ring (bicyclic) bond motifs is 2. The zero-order valence-electron chi connectivity index (χ0n) is 15.0. The summed E-state index contributed by atoms with van der Waals surface area (Å²) in [6, 6.07) is 8.11. The zero-order valence-corrected chi connectivity index (χ0v) is 15.0. The number of aliphatic hydroxyl groups excluding tert-OH is 1. The molecule has 1 fully saturated rings. The lowest BCUT2D eigenvalue weighted by Crippen LogP contribution is -2.41. The minimum Gasteiger partial charge on any atom is -0.395 e. The fourth-order valence-electron chi connectivity index (χ4n) is 4.29. The van der Waals surface area contributed by atoms with E-state index in [2.05, 4.69) is 11.0 Å². The zero-order chi connectivity index (χ0) is 17.9. The molecule has 25 heavy (non-hydrogen) atoms. The minimum absolute atomic E-state index is 0.00774. The second kappa shape index (κ2) is 7.67. The maximum Gasteiger partial charge on any atom is 0.240 e. The van der Waals surface area contributed by atoms with E-state index in [0.29, 0.717) is 19.5 Å². The SMILES string of the molecule is CN(CCO)CCCCN1C(=O)CC2(CCCc3ccccc32)C1=O. The van der Waals surface area contributed by atoms with E-state index in [9.17, 15) is 9.59 Å². The lowest BCUT2D eigenvalue weighted by molar-refractivity contribution is -0.140. The fourth-order valence-corrected chi connectivity index (χ4v) is 4.29. The van der Waals surface area contributed by atoms with Crippen LogP contribution in [0.2, 0.25) is 0 Å². The second-order valence-corrected chi connectivity index (χ2v) is 7.35. The number of aryl methyl sites for hydroxylation is 1. The van der Waals surface area contributed by atoms with Crippen LogP contribution in [0.5, 0.6) is 0 Å². The first-order valence-corrected chi connectivity index (χ1v) is 9.31. The normalized spacial score (nSPS) is 22.9. The molecule has 1 spiro atoms. The largest absolute Gasteiger partial charge is 0.395 e. The molecule has 1 atom stereocenters. The molecule has 1 aliphatic carbocycles. The first-order valence-electron chi connectivity index (χ1n) is 9.31. The van der Waals surface area contributed by atoms with E-state index >= 15 is 0 Å². The van der Waals surface area contributed by atoms with Crippen molar-refractivity contribution in [2.75, 3.05) is 33.3 Å². The van der Waals surface area contributed by atoms with E-state index in [-0.39, 0.29) is 18.4 Å². The molecule has 1 heterocycles. The van der Waals surface area contributed by atoms with Crippen molar-refractivity contribution >= 4 is 11.8 Å². The number of carbonyl (C=O) groups is 2. The van der Waals surface area contributed by atoms with Crippen molar-refractivity contribution in [2.24, 2.45) is 0 Å². The Kier molecular flexibility index (Phi) is 5.54. The number of rotatable bonds is 7. The van der Waals surface area contributed by atoms with Crippen LogP contribution in [-0.2, 0) is 21.4 Å². The third-order valence-electron chi connectivity index (χ3n) is 5.64. The van der Waals surface area contributed by atoms with Gasteiger partial charge in [-0.25, -0.2) is 0 Å². The van der Waals surface area contributed by atoms with Gasteiger partial charge in [0.25, 0.3) is 0 Å². The Bertz CT molecular complexity index is 646. The standard InChI is InChI=1S/C20H28N2O3/c1-21(13-14-23)11-4-5-12-22-18(24)15-20(19(22)25)10-6-8-16-7-2-3-9-17(16)20/h2-3,7,9,23H,4-6,8,10-15H2,1H3. The lowest BCUT2D eigenvalue weighted by Gasteiger charge is -2.33. The van der Waals surface area contributed by atoms with Gasteiger partial charge in [-0.2, -0.15) is 0 Å².